The molecule has 0 saturated carbocycles. The predicted molar refractivity (Wildman–Crippen MR) is 125 cm³/mol. The largest absolute Gasteiger partial charge is 0.452 e. The minimum absolute atomic E-state index is 0.0163. The first kappa shape index (κ1) is 25.2. The Kier molecular flexibility index (Phi) is 9.34. The average Bonchev–Trinajstić information content (AvgIpc) is 2.96. The van der Waals surface area contributed by atoms with Gasteiger partial charge in [-0.05, 0) is 43.5 Å². The zero-order chi connectivity index (χ0) is 23.1. The quantitative estimate of drug-likeness (QED) is 0.461. The van der Waals surface area contributed by atoms with Crippen LogP contribution in [-0.4, -0.2) is 30.9 Å². The van der Waals surface area contributed by atoms with Gasteiger partial charge in [0.2, 0.25) is 5.91 Å². The zero-order valence-electron chi connectivity index (χ0n) is 17.9. The first-order chi connectivity index (χ1) is 14.6. The van der Waals surface area contributed by atoms with Crippen LogP contribution in [0.1, 0.15) is 59.0 Å². The molecule has 0 saturated heterocycles. The molecule has 0 spiro atoms. The molecular weight excluding hydrogens is 459 g/mol. The van der Waals surface area contributed by atoms with E-state index in [-0.39, 0.29) is 17.4 Å². The van der Waals surface area contributed by atoms with Crippen molar-refractivity contribution in [3.63, 3.8) is 0 Å². The van der Waals surface area contributed by atoms with E-state index in [9.17, 15) is 14.4 Å². The van der Waals surface area contributed by atoms with E-state index in [1.54, 1.807) is 19.1 Å². The van der Waals surface area contributed by atoms with Crippen LogP contribution >= 0.6 is 34.5 Å². The predicted octanol–water partition coefficient (Wildman–Crippen LogP) is 5.49. The minimum atomic E-state index is -0.647. The first-order valence-corrected chi connectivity index (χ1v) is 11.5. The number of anilines is 1. The third-order valence-corrected chi connectivity index (χ3v) is 6.48. The van der Waals surface area contributed by atoms with Crippen molar-refractivity contribution in [2.24, 2.45) is 0 Å². The minimum Gasteiger partial charge on any atom is -0.452 e. The molecule has 0 bridgehead atoms. The van der Waals surface area contributed by atoms with Crippen LogP contribution in [0.15, 0.2) is 18.2 Å². The summed E-state index contributed by atoms with van der Waals surface area (Å²) in [6.45, 7) is 6.99. The van der Waals surface area contributed by atoms with E-state index in [0.717, 1.165) is 28.8 Å². The Morgan fingerprint density at radius 1 is 1.19 bits per heavy atom. The number of rotatable bonds is 9. The van der Waals surface area contributed by atoms with Crippen molar-refractivity contribution in [1.29, 1.82) is 0 Å². The van der Waals surface area contributed by atoms with Gasteiger partial charge < -0.3 is 15.4 Å². The molecule has 0 unspecified atom stereocenters. The number of benzene rings is 1. The lowest BCUT2D eigenvalue weighted by atomic mass is 9.94. The molecule has 0 radical (unpaired) electrons. The molecule has 2 amide bonds. The number of thiophene rings is 1. The summed E-state index contributed by atoms with van der Waals surface area (Å²) in [5.41, 5.74) is 1.91. The number of carbonyl (C=O) groups is 3. The van der Waals surface area contributed by atoms with E-state index in [4.69, 9.17) is 27.9 Å². The van der Waals surface area contributed by atoms with Crippen LogP contribution in [0.25, 0.3) is 0 Å². The summed E-state index contributed by atoms with van der Waals surface area (Å²) >= 11 is 13.6. The molecule has 31 heavy (non-hydrogen) atoms. The fourth-order valence-corrected chi connectivity index (χ4v) is 4.82. The van der Waals surface area contributed by atoms with E-state index >= 15 is 0 Å². The van der Waals surface area contributed by atoms with Crippen LogP contribution in [0.4, 0.5) is 5.00 Å². The Bertz CT molecular complexity index is 975. The highest BCUT2D eigenvalue weighted by Crippen LogP contribution is 2.33. The number of carbonyl (C=O) groups excluding carboxylic acids is 3. The van der Waals surface area contributed by atoms with Gasteiger partial charge in [-0.25, -0.2) is 4.79 Å². The van der Waals surface area contributed by atoms with E-state index < -0.39 is 18.5 Å². The summed E-state index contributed by atoms with van der Waals surface area (Å²) in [5, 5.41) is 6.98. The molecule has 0 aliphatic carbocycles. The van der Waals surface area contributed by atoms with E-state index in [1.165, 1.54) is 18.3 Å². The van der Waals surface area contributed by atoms with E-state index in [1.807, 2.05) is 13.0 Å². The zero-order valence-corrected chi connectivity index (χ0v) is 20.3. The summed E-state index contributed by atoms with van der Waals surface area (Å²) in [6.07, 6.45) is 1.74. The highest BCUT2D eigenvalue weighted by molar-refractivity contribution is 7.16. The molecular formula is C22H26Cl2N2O4S. The second-order valence-electron chi connectivity index (χ2n) is 7.20. The smallest absolute Gasteiger partial charge is 0.341 e. The number of halogens is 2. The summed E-state index contributed by atoms with van der Waals surface area (Å²) < 4.78 is 5.20. The van der Waals surface area contributed by atoms with E-state index in [0.29, 0.717) is 21.6 Å². The summed E-state index contributed by atoms with van der Waals surface area (Å²) in [6, 6.07) is 5.32. The maximum atomic E-state index is 12.5. The Balaban J connectivity index is 1.98. The number of aryl methyl sites for hydroxylation is 1. The van der Waals surface area contributed by atoms with Gasteiger partial charge >= 0.3 is 5.97 Å². The number of ether oxygens (including phenoxy) is 1. The lowest BCUT2D eigenvalue weighted by Gasteiger charge is -2.19. The maximum Gasteiger partial charge on any atom is 0.341 e. The van der Waals surface area contributed by atoms with Crippen LogP contribution in [0.3, 0.4) is 0 Å². The molecule has 0 aliphatic heterocycles. The highest BCUT2D eigenvalue weighted by atomic mass is 35.5. The van der Waals surface area contributed by atoms with Crippen molar-refractivity contribution in [2.45, 2.75) is 46.5 Å². The van der Waals surface area contributed by atoms with Gasteiger partial charge in [0, 0.05) is 34.3 Å². The van der Waals surface area contributed by atoms with Crippen LogP contribution in [0.5, 0.6) is 0 Å². The average molecular weight is 485 g/mol. The maximum absolute atomic E-state index is 12.5. The number of amides is 2. The van der Waals surface area contributed by atoms with Gasteiger partial charge in [0.05, 0.1) is 5.56 Å². The topological polar surface area (TPSA) is 84.5 Å². The van der Waals surface area contributed by atoms with Crippen molar-refractivity contribution in [3.8, 4) is 0 Å². The molecule has 1 atom stereocenters. The third kappa shape index (κ3) is 6.95. The molecule has 1 heterocycles. The summed E-state index contributed by atoms with van der Waals surface area (Å²) in [7, 11) is 0. The molecule has 2 rings (SSSR count). The Hall–Kier alpha value is -2.09. The lowest BCUT2D eigenvalue weighted by molar-refractivity contribution is -0.124. The molecule has 2 N–H and O–H groups in total. The van der Waals surface area contributed by atoms with Gasteiger partial charge in [-0.3, -0.25) is 9.59 Å². The number of hydrogen-bond acceptors (Lipinski definition) is 5. The highest BCUT2D eigenvalue weighted by Gasteiger charge is 2.23. The Morgan fingerprint density at radius 3 is 2.52 bits per heavy atom. The van der Waals surface area contributed by atoms with E-state index in [2.05, 4.69) is 17.6 Å². The van der Waals surface area contributed by atoms with Gasteiger partial charge in [0.25, 0.3) is 5.91 Å². The van der Waals surface area contributed by atoms with Gasteiger partial charge in [0.1, 0.15) is 5.00 Å². The van der Waals surface area contributed by atoms with Crippen molar-refractivity contribution in [3.05, 3.63) is 49.8 Å². The molecule has 9 heteroatoms. The number of nitrogens with one attached hydrogen (secondary N) is 2. The van der Waals surface area contributed by atoms with Gasteiger partial charge in [-0.1, -0.05) is 42.6 Å². The van der Waals surface area contributed by atoms with Crippen molar-refractivity contribution >= 4 is 57.3 Å². The molecule has 6 nitrogen and oxygen atoms in total. The van der Waals surface area contributed by atoms with Crippen molar-refractivity contribution in [1.82, 2.24) is 5.32 Å². The summed E-state index contributed by atoms with van der Waals surface area (Å²) in [4.78, 5) is 37.1. The van der Waals surface area contributed by atoms with Gasteiger partial charge in [-0.2, -0.15) is 0 Å². The summed E-state index contributed by atoms with van der Waals surface area (Å²) in [5.74, 6) is -1.32. The van der Waals surface area contributed by atoms with Crippen molar-refractivity contribution in [2.75, 3.05) is 18.5 Å². The second kappa shape index (κ2) is 11.5. The molecule has 0 aliphatic rings. The Morgan fingerprint density at radius 2 is 1.90 bits per heavy atom. The molecule has 1 aromatic heterocycles. The SMILES string of the molecule is CCC[C@@H](CNC(=O)COC(=O)c1c(NC(C)=O)sc(C)c1C)c1ccc(Cl)cc1Cl. The van der Waals surface area contributed by atoms with Gasteiger partial charge in [-0.15, -0.1) is 11.3 Å². The second-order valence-corrected chi connectivity index (χ2v) is 9.27. The van der Waals surface area contributed by atoms with Crippen LogP contribution in [0, 0.1) is 13.8 Å². The third-order valence-electron chi connectivity index (χ3n) is 4.80. The molecule has 168 valence electrons. The normalized spacial score (nSPS) is 11.7. The number of esters is 1. The fraction of sp³-hybridized carbons (Fsp3) is 0.409. The molecule has 1 aromatic carbocycles. The van der Waals surface area contributed by atoms with Crippen LogP contribution < -0.4 is 10.6 Å². The monoisotopic (exact) mass is 484 g/mol. The standard InChI is InChI=1S/C22H26Cl2N2O4S/c1-5-6-15(17-8-7-16(23)9-18(17)24)10-25-19(28)11-30-22(29)20-12(2)13(3)31-21(20)26-14(4)27/h7-9,15H,5-6,10-11H2,1-4H3,(H,25,28)(H,26,27)/t15-/m0/s1. The van der Waals surface area contributed by atoms with Crippen molar-refractivity contribution < 1.29 is 19.1 Å². The van der Waals surface area contributed by atoms with Crippen LogP contribution in [0.2, 0.25) is 10.0 Å². The lowest BCUT2D eigenvalue weighted by Crippen LogP contribution is -2.32. The Labute approximate surface area is 196 Å². The molecule has 0 fully saturated rings. The first-order valence-electron chi connectivity index (χ1n) is 9.90. The van der Waals surface area contributed by atoms with Crippen LogP contribution in [-0.2, 0) is 14.3 Å². The van der Waals surface area contributed by atoms with Gasteiger partial charge in [0.15, 0.2) is 6.61 Å². The number of hydrogen-bond donors (Lipinski definition) is 2. The molecule has 2 aromatic rings. The fourth-order valence-electron chi connectivity index (χ4n) is 3.16.